The molecule has 1 fully saturated rings. The maximum absolute atomic E-state index is 3.41. The maximum Gasteiger partial charge on any atom is 0.0867 e. The molecule has 412 valence electrons. The van der Waals surface area contributed by atoms with Gasteiger partial charge in [0.05, 0.1) is 32.3 Å². The lowest BCUT2D eigenvalue weighted by Crippen LogP contribution is -2.50. The van der Waals surface area contributed by atoms with Gasteiger partial charge in [-0.15, -0.1) is 0 Å². The maximum atomic E-state index is 3.41. The highest BCUT2D eigenvalue weighted by atomic mass is 31.2. The first-order chi connectivity index (χ1) is 36.1. The fourth-order valence-corrected chi connectivity index (χ4v) is 44.2. The fourth-order valence-electron chi connectivity index (χ4n) is 15.5. The van der Waals surface area contributed by atoms with Gasteiger partial charge in [-0.3, -0.25) is 0 Å². The van der Waals surface area contributed by atoms with E-state index in [0.29, 0.717) is 6.04 Å². The van der Waals surface area contributed by atoms with Gasteiger partial charge in [0, 0.05) is 22.2 Å². The third kappa shape index (κ3) is 15.7. The van der Waals surface area contributed by atoms with Gasteiger partial charge in [-0.2, -0.15) is 0 Å². The Morgan fingerprint density at radius 3 is 0.703 bits per heavy atom. The lowest BCUT2D eigenvalue weighted by atomic mass is 10.1. The number of hydrogen-bond acceptors (Lipinski definition) is 1. The highest BCUT2D eigenvalue weighted by molar-refractivity contribution is 7.84. The van der Waals surface area contributed by atoms with Gasteiger partial charge in [-0.25, -0.2) is 4.44 Å². The van der Waals surface area contributed by atoms with E-state index >= 15 is 0 Å². The number of benzene rings is 4. The van der Waals surface area contributed by atoms with Crippen molar-refractivity contribution in [2.75, 3.05) is 0 Å². The normalized spacial score (nSPS) is 14.4. The highest BCUT2D eigenvalue weighted by Crippen LogP contribution is 2.58. The van der Waals surface area contributed by atoms with Crippen molar-refractivity contribution < 1.29 is 0 Å². The van der Waals surface area contributed by atoms with Crippen LogP contribution in [0.15, 0.2) is 97.1 Å². The molecule has 74 heavy (non-hydrogen) atoms. The van der Waals surface area contributed by atoms with Crippen molar-refractivity contribution >= 4 is 90.4 Å². The van der Waals surface area contributed by atoms with E-state index in [4.69, 9.17) is 0 Å². The van der Waals surface area contributed by atoms with Crippen molar-refractivity contribution in [1.29, 1.82) is 0 Å². The molecule has 0 N–H and O–H groups in total. The van der Waals surface area contributed by atoms with Gasteiger partial charge in [-0.1, -0.05) is 376 Å². The second-order valence-electron chi connectivity index (χ2n) is 23.9. The Hall–Kier alpha value is -1.43. The van der Waals surface area contributed by atoms with Crippen molar-refractivity contribution in [3.05, 3.63) is 97.1 Å². The van der Waals surface area contributed by atoms with Crippen molar-refractivity contribution in [1.82, 2.24) is 4.44 Å². The van der Waals surface area contributed by atoms with Crippen LogP contribution in [0.2, 0.25) is 72.5 Å². The van der Waals surface area contributed by atoms with Crippen LogP contribution in [0.25, 0.3) is 0 Å². The summed E-state index contributed by atoms with van der Waals surface area (Å²) in [5.41, 5.74) is 0. The monoisotopic (exact) mass is 1110 g/mol. The number of rotatable bonds is 35. The van der Waals surface area contributed by atoms with E-state index < -0.39 is 48.4 Å². The topological polar surface area (TPSA) is 3.24 Å². The summed E-state index contributed by atoms with van der Waals surface area (Å²) in [4.78, 5) is 0. The summed E-state index contributed by atoms with van der Waals surface area (Å²) in [5.74, 6) is 0. The van der Waals surface area contributed by atoms with Gasteiger partial charge >= 0.3 is 0 Å². The molecule has 0 unspecified atom stereocenters. The minimum Gasteiger partial charge on any atom is -0.242 e. The molecule has 0 aromatic heterocycles. The molecule has 1 nitrogen and oxygen atoms in total. The molecule has 0 radical (unpaired) electrons. The summed E-state index contributed by atoms with van der Waals surface area (Å²) in [5, 5.41) is 13.7. The van der Waals surface area contributed by atoms with Gasteiger partial charge in [0.1, 0.15) is 0 Å². The average molecular weight is 1110 g/mol. The molecule has 0 bridgehead atoms. The summed E-state index contributed by atoms with van der Waals surface area (Å²) in [7, 11) is -8.82. The van der Waals surface area contributed by atoms with Crippen LogP contribution < -0.4 is 42.0 Å². The van der Waals surface area contributed by atoms with Gasteiger partial charge < -0.3 is 0 Å². The van der Waals surface area contributed by atoms with Crippen molar-refractivity contribution in [2.45, 2.75) is 277 Å². The van der Waals surface area contributed by atoms with Crippen molar-refractivity contribution in [3.8, 4) is 0 Å². The Morgan fingerprint density at radius 1 is 0.311 bits per heavy atom. The molecule has 4 aromatic rings. The van der Waals surface area contributed by atoms with E-state index in [1.165, 1.54) is 188 Å². The van der Waals surface area contributed by atoms with Crippen LogP contribution in [-0.4, -0.2) is 42.8 Å². The standard InChI is InChI=1S/C67H113NP2Si4/c1-13-43-71(44-14-2,45-15-3)64-39-29-35-60(55-64)69(61-36-30-40-65(56-61)72(46-16-4,47-17-5)48-18-6)68(59-33-27-25-26-28-34-59)70(62-37-31-41-66(57-62)73(49-19-7,50-20-8)51-21-9)63-38-32-42-67(58-63)74(52-22-10,53-23-11)54-24-12/h29-32,35-42,55-59H,13-28,33-34,43-54H2,1-12H3. The van der Waals surface area contributed by atoms with Crippen molar-refractivity contribution in [3.63, 3.8) is 0 Å². The molecule has 1 saturated carbocycles. The predicted octanol–water partition coefficient (Wildman–Crippen LogP) is 18.7. The average Bonchev–Trinajstić information content (AvgIpc) is 3.69. The Labute approximate surface area is 466 Å². The van der Waals surface area contributed by atoms with Gasteiger partial charge in [0.25, 0.3) is 0 Å². The number of hydrogen-bond donors (Lipinski definition) is 0. The molecule has 7 heteroatoms. The first kappa shape index (κ1) is 63.4. The summed E-state index contributed by atoms with van der Waals surface area (Å²) >= 11 is 0. The largest absolute Gasteiger partial charge is 0.242 e. The Balaban J connectivity index is 2.03. The highest BCUT2D eigenvalue weighted by Gasteiger charge is 2.42. The third-order valence-electron chi connectivity index (χ3n) is 18.1. The molecule has 1 aliphatic carbocycles. The van der Waals surface area contributed by atoms with E-state index in [-0.39, 0.29) is 0 Å². The SMILES string of the molecule is CCC[Si](CCC)(CCC)c1cccc(P(c2cccc([Si](CCC)(CCC)CCC)c2)N(C2CCCCCC2)P(c2cccc([Si](CCC)(CCC)CCC)c2)c2cccc([Si](CCC)(CCC)CCC)c2)c1. The lowest BCUT2D eigenvalue weighted by Gasteiger charge is -2.45. The van der Waals surface area contributed by atoms with Gasteiger partial charge in [0.2, 0.25) is 0 Å². The molecular formula is C67H113NP2Si4. The van der Waals surface area contributed by atoms with Crippen LogP contribution in [0.3, 0.4) is 0 Å². The Morgan fingerprint density at radius 2 is 0.514 bits per heavy atom. The lowest BCUT2D eigenvalue weighted by molar-refractivity contribution is 0.441. The van der Waals surface area contributed by atoms with E-state index in [1.54, 1.807) is 42.0 Å². The van der Waals surface area contributed by atoms with Crippen LogP contribution in [-0.2, 0) is 0 Å². The smallest absolute Gasteiger partial charge is 0.0867 e. The second kappa shape index (κ2) is 32.6. The molecule has 0 atom stereocenters. The van der Waals surface area contributed by atoms with E-state index in [1.807, 2.05) is 0 Å². The molecule has 0 spiro atoms. The Kier molecular flexibility index (Phi) is 27.9. The van der Waals surface area contributed by atoms with E-state index in [9.17, 15) is 0 Å². The van der Waals surface area contributed by atoms with Crippen LogP contribution in [0.1, 0.15) is 199 Å². The molecule has 1 aliphatic rings. The van der Waals surface area contributed by atoms with Crippen LogP contribution in [0, 0.1) is 0 Å². The van der Waals surface area contributed by atoms with E-state index in [2.05, 4.69) is 185 Å². The minimum atomic E-state index is -1.75. The minimum absolute atomic E-state index is 0.537. The van der Waals surface area contributed by atoms with Crippen LogP contribution in [0.5, 0.6) is 0 Å². The molecule has 0 aliphatic heterocycles. The molecule has 0 heterocycles. The fraction of sp³-hybridized carbons (Fsp3) is 0.642. The molecule has 0 amide bonds. The Bertz CT molecular complexity index is 1830. The first-order valence-electron chi connectivity index (χ1n) is 31.9. The van der Waals surface area contributed by atoms with Crippen LogP contribution >= 0.6 is 16.1 Å². The van der Waals surface area contributed by atoms with Gasteiger partial charge in [-0.05, 0) is 34.1 Å². The van der Waals surface area contributed by atoms with Crippen LogP contribution in [0.4, 0.5) is 0 Å². The van der Waals surface area contributed by atoms with E-state index in [0.717, 1.165) is 0 Å². The molecular weight excluding hydrogens is 993 g/mol. The molecule has 0 saturated heterocycles. The number of nitrogens with zero attached hydrogens (tertiary/aromatic N) is 1. The zero-order chi connectivity index (χ0) is 53.5. The quantitative estimate of drug-likeness (QED) is 0.0252. The summed E-state index contributed by atoms with van der Waals surface area (Å²) in [6.45, 7) is 29.8. The zero-order valence-electron chi connectivity index (χ0n) is 50.4. The predicted molar refractivity (Wildman–Crippen MR) is 354 cm³/mol. The van der Waals surface area contributed by atoms with Crippen molar-refractivity contribution in [2.24, 2.45) is 0 Å². The first-order valence-corrected chi connectivity index (χ1v) is 45.0. The summed E-state index contributed by atoms with van der Waals surface area (Å²) < 4.78 is 3.41. The molecule has 5 rings (SSSR count). The summed E-state index contributed by atoms with van der Waals surface area (Å²) in [6.07, 6.45) is 23.7. The third-order valence-corrected chi connectivity index (χ3v) is 47.4. The zero-order valence-corrected chi connectivity index (χ0v) is 56.2. The summed E-state index contributed by atoms with van der Waals surface area (Å²) in [6, 6.07) is 60.8. The molecule has 4 aromatic carbocycles. The second-order valence-corrected chi connectivity index (χ2v) is 47.0. The van der Waals surface area contributed by atoms with Gasteiger partial charge in [0.15, 0.2) is 0 Å².